The van der Waals surface area contributed by atoms with Crippen molar-refractivity contribution in [2.24, 2.45) is 0 Å². The van der Waals surface area contributed by atoms with E-state index in [0.29, 0.717) is 0 Å². The van der Waals surface area contributed by atoms with E-state index < -0.39 is 12.1 Å². The number of aliphatic carboxylic acids is 1. The number of hydrogen-bond donors (Lipinski definition) is 0. The van der Waals surface area contributed by atoms with Gasteiger partial charge >= 0.3 is 6.18 Å². The zero-order valence-corrected chi connectivity index (χ0v) is 17.0. The summed E-state index contributed by atoms with van der Waals surface area (Å²) in [5.74, 6) is -1.26. The average Bonchev–Trinajstić information content (AvgIpc) is 2.75. The van der Waals surface area contributed by atoms with Gasteiger partial charge < -0.3 is 19.4 Å². The van der Waals surface area contributed by atoms with Crippen LogP contribution in [0.3, 0.4) is 0 Å². The zero-order chi connectivity index (χ0) is 22.1. The van der Waals surface area contributed by atoms with Crippen LogP contribution in [0.4, 0.5) is 13.2 Å². The van der Waals surface area contributed by atoms with Gasteiger partial charge in [0.1, 0.15) is 17.5 Å². The first-order chi connectivity index (χ1) is 14.3. The molecule has 0 radical (unpaired) electrons. The number of benzene rings is 3. The lowest BCUT2D eigenvalue weighted by Crippen LogP contribution is -2.37. The highest BCUT2D eigenvalue weighted by Crippen LogP contribution is 2.32. The third kappa shape index (κ3) is 6.45. The lowest BCUT2D eigenvalue weighted by Gasteiger charge is -2.09. The van der Waals surface area contributed by atoms with Crippen molar-refractivity contribution in [3.8, 4) is 11.5 Å². The van der Waals surface area contributed by atoms with Crippen molar-refractivity contribution in [1.82, 2.24) is 0 Å². The fourth-order valence-corrected chi connectivity index (χ4v) is 4.45. The molecule has 0 aliphatic carbocycles. The minimum absolute atomic E-state index is 0.146. The Hall–Kier alpha value is -3.13. The molecule has 0 aliphatic heterocycles. The molecule has 158 valence electrons. The molecule has 3 rings (SSSR count). The summed E-state index contributed by atoms with van der Waals surface area (Å²) in [6.45, 7) is 0. The molecular weight excluding hydrogens is 417 g/mol. The van der Waals surface area contributed by atoms with E-state index in [1.165, 1.54) is 14.7 Å². The first-order valence-electron chi connectivity index (χ1n) is 8.62. The van der Waals surface area contributed by atoms with Crippen LogP contribution in [0.2, 0.25) is 0 Å². The molecule has 0 aromatic heterocycles. The number of halogens is 3. The number of methoxy groups -OCH3 is 2. The minimum atomic E-state index is -5.19. The van der Waals surface area contributed by atoms with Crippen LogP contribution in [-0.4, -0.2) is 26.4 Å². The van der Waals surface area contributed by atoms with Crippen LogP contribution in [0.1, 0.15) is 0 Å². The number of ether oxygens (including phenoxy) is 2. The van der Waals surface area contributed by atoms with E-state index in [9.17, 15) is 13.2 Å². The average molecular weight is 436 g/mol. The fraction of sp³-hybridized carbons (Fsp3) is 0.136. The van der Waals surface area contributed by atoms with Gasteiger partial charge in [0.15, 0.2) is 14.7 Å². The summed E-state index contributed by atoms with van der Waals surface area (Å²) in [5.41, 5.74) is 0. The molecule has 0 N–H and O–H groups in total. The zero-order valence-electron chi connectivity index (χ0n) is 16.2. The van der Waals surface area contributed by atoms with Crippen LogP contribution in [0.25, 0.3) is 0 Å². The summed E-state index contributed by atoms with van der Waals surface area (Å²) in [4.78, 5) is 12.6. The second-order valence-corrected chi connectivity index (χ2v) is 7.78. The van der Waals surface area contributed by atoms with Gasteiger partial charge in [-0.25, -0.2) is 0 Å². The van der Waals surface area contributed by atoms with Gasteiger partial charge in [-0.05, 0) is 60.7 Å². The maximum atomic E-state index is 10.5. The summed E-state index contributed by atoms with van der Waals surface area (Å²) in [7, 11) is 3.23. The summed E-state index contributed by atoms with van der Waals surface area (Å²) in [5, 5.41) is 8.78. The van der Waals surface area contributed by atoms with Crippen molar-refractivity contribution in [2.75, 3.05) is 14.2 Å². The quantitative estimate of drug-likeness (QED) is 0.565. The van der Waals surface area contributed by atoms with Crippen LogP contribution in [-0.2, 0) is 15.7 Å². The van der Waals surface area contributed by atoms with Crippen molar-refractivity contribution in [3.05, 3.63) is 78.9 Å². The normalized spacial score (nSPS) is 10.7. The smallest absolute Gasteiger partial charge is 0.430 e. The molecule has 0 atom stereocenters. The van der Waals surface area contributed by atoms with Gasteiger partial charge in [0.25, 0.3) is 0 Å². The first-order valence-corrected chi connectivity index (χ1v) is 9.84. The molecule has 0 aliphatic rings. The molecule has 0 saturated carbocycles. The van der Waals surface area contributed by atoms with E-state index in [2.05, 4.69) is 48.5 Å². The minimum Gasteiger partial charge on any atom is -0.542 e. The van der Waals surface area contributed by atoms with E-state index in [1.807, 2.05) is 30.3 Å². The van der Waals surface area contributed by atoms with Gasteiger partial charge in [0.2, 0.25) is 0 Å². The first kappa shape index (κ1) is 23.2. The molecule has 0 fully saturated rings. The lowest BCUT2D eigenvalue weighted by atomic mass is 10.3. The standard InChI is InChI=1S/C20H19O2S.C2HF3O2/c1-21-16-8-12-19(13-9-16)23(18-6-4-3-5-7-18)20-14-10-17(22-2)11-15-20;3-2(4,5)1(6)7/h3-15H,1-2H3;(H,6,7)/q+1;/p-1. The number of carbonyl (C=O) groups is 1. The van der Waals surface area contributed by atoms with Gasteiger partial charge in [-0.3, -0.25) is 0 Å². The van der Waals surface area contributed by atoms with Gasteiger partial charge in [-0.15, -0.1) is 0 Å². The molecule has 0 spiro atoms. The maximum absolute atomic E-state index is 10.5. The SMILES string of the molecule is COc1ccc([S+](c2ccccc2)c2ccc(OC)cc2)cc1.O=C([O-])C(F)(F)F. The Labute approximate surface area is 175 Å². The monoisotopic (exact) mass is 436 g/mol. The van der Waals surface area contributed by atoms with Crippen molar-refractivity contribution < 1.29 is 32.5 Å². The molecular formula is C22H19F3O4S. The summed E-state index contributed by atoms with van der Waals surface area (Å²) < 4.78 is 42.1. The van der Waals surface area contributed by atoms with Crippen LogP contribution in [0.15, 0.2) is 93.5 Å². The van der Waals surface area contributed by atoms with E-state index in [1.54, 1.807) is 14.2 Å². The number of carboxylic acids is 1. The molecule has 30 heavy (non-hydrogen) atoms. The van der Waals surface area contributed by atoms with E-state index in [0.717, 1.165) is 11.5 Å². The number of carbonyl (C=O) groups excluding carboxylic acids is 1. The summed E-state index contributed by atoms with van der Waals surface area (Å²) >= 11 is 0. The Bertz CT molecular complexity index is 880. The molecule has 0 saturated heterocycles. The van der Waals surface area contributed by atoms with Crippen LogP contribution < -0.4 is 14.6 Å². The maximum Gasteiger partial charge on any atom is 0.430 e. The summed E-state index contributed by atoms with van der Waals surface area (Å²) in [6.07, 6.45) is -5.19. The lowest BCUT2D eigenvalue weighted by molar-refractivity contribution is -0.344. The number of alkyl halides is 3. The molecule has 0 heterocycles. The Morgan fingerprint density at radius 2 is 1.07 bits per heavy atom. The Morgan fingerprint density at radius 1 is 0.733 bits per heavy atom. The Balaban J connectivity index is 0.000000396. The number of rotatable bonds is 5. The van der Waals surface area contributed by atoms with Crippen molar-refractivity contribution in [3.63, 3.8) is 0 Å². The van der Waals surface area contributed by atoms with E-state index >= 15 is 0 Å². The molecule has 4 nitrogen and oxygen atoms in total. The van der Waals surface area contributed by atoms with Crippen LogP contribution in [0.5, 0.6) is 11.5 Å². The predicted molar refractivity (Wildman–Crippen MR) is 106 cm³/mol. The highest BCUT2D eigenvalue weighted by Gasteiger charge is 2.29. The highest BCUT2D eigenvalue weighted by atomic mass is 32.2. The third-order valence-electron chi connectivity index (χ3n) is 3.80. The van der Waals surface area contributed by atoms with Crippen molar-refractivity contribution in [2.45, 2.75) is 20.9 Å². The van der Waals surface area contributed by atoms with Gasteiger partial charge in [-0.2, -0.15) is 13.2 Å². The number of hydrogen-bond acceptors (Lipinski definition) is 4. The van der Waals surface area contributed by atoms with E-state index in [-0.39, 0.29) is 10.9 Å². The molecule has 3 aromatic rings. The van der Waals surface area contributed by atoms with Gasteiger partial charge in [0, 0.05) is 0 Å². The van der Waals surface area contributed by atoms with Gasteiger partial charge in [0.05, 0.1) is 25.1 Å². The predicted octanol–water partition coefficient (Wildman–Crippen LogP) is 4.10. The van der Waals surface area contributed by atoms with Crippen molar-refractivity contribution in [1.29, 1.82) is 0 Å². The fourth-order valence-electron chi connectivity index (χ4n) is 2.39. The number of carboxylic acid groups (broad SMARTS) is 1. The second kappa shape index (κ2) is 10.6. The summed E-state index contributed by atoms with van der Waals surface area (Å²) in [6, 6.07) is 27.2. The molecule has 0 amide bonds. The molecule has 8 heteroatoms. The van der Waals surface area contributed by atoms with Crippen LogP contribution in [0, 0.1) is 0 Å². The van der Waals surface area contributed by atoms with Crippen LogP contribution >= 0.6 is 0 Å². The molecule has 0 unspecified atom stereocenters. The van der Waals surface area contributed by atoms with Crippen molar-refractivity contribution >= 4 is 16.9 Å². The Kier molecular flexibility index (Phi) is 8.17. The highest BCUT2D eigenvalue weighted by molar-refractivity contribution is 7.97. The molecule has 3 aromatic carbocycles. The molecule has 0 bridgehead atoms. The second-order valence-electron chi connectivity index (χ2n) is 5.76. The third-order valence-corrected chi connectivity index (χ3v) is 6.03. The van der Waals surface area contributed by atoms with E-state index in [4.69, 9.17) is 19.4 Å². The topological polar surface area (TPSA) is 58.6 Å². The van der Waals surface area contributed by atoms with Gasteiger partial charge in [-0.1, -0.05) is 18.2 Å². The largest absolute Gasteiger partial charge is 0.542 e. The Morgan fingerprint density at radius 3 is 1.37 bits per heavy atom.